The Morgan fingerprint density at radius 1 is 1.22 bits per heavy atom. The lowest BCUT2D eigenvalue weighted by Crippen LogP contribution is -2.28. The summed E-state index contributed by atoms with van der Waals surface area (Å²) in [6, 6.07) is 14.7. The summed E-state index contributed by atoms with van der Waals surface area (Å²) in [6.45, 7) is 2.30. The van der Waals surface area contributed by atoms with Gasteiger partial charge in [-0.3, -0.25) is 4.79 Å². The SMILES string of the molecule is CN(CCCNC(=O)c1cc(Cl)ccc1O)Cc1ccccc1. The zero-order chi connectivity index (χ0) is 16.7. The molecule has 0 aliphatic rings. The molecular weight excluding hydrogens is 312 g/mol. The van der Waals surface area contributed by atoms with Crippen molar-refractivity contribution in [3.8, 4) is 5.75 Å². The Bertz CT molecular complexity index is 647. The Morgan fingerprint density at radius 2 is 1.96 bits per heavy atom. The Balaban J connectivity index is 1.72. The molecule has 0 unspecified atom stereocenters. The van der Waals surface area contributed by atoms with E-state index in [0.717, 1.165) is 19.5 Å². The molecule has 2 aromatic carbocycles. The molecule has 0 aromatic heterocycles. The maximum atomic E-state index is 12.0. The number of phenolic OH excluding ortho intramolecular Hbond substituents is 1. The van der Waals surface area contributed by atoms with Crippen LogP contribution in [0.5, 0.6) is 5.75 Å². The molecule has 0 saturated heterocycles. The molecule has 0 atom stereocenters. The quantitative estimate of drug-likeness (QED) is 0.765. The number of hydrogen-bond donors (Lipinski definition) is 2. The van der Waals surface area contributed by atoms with Crippen molar-refractivity contribution < 1.29 is 9.90 Å². The highest BCUT2D eigenvalue weighted by Gasteiger charge is 2.11. The topological polar surface area (TPSA) is 52.6 Å². The van der Waals surface area contributed by atoms with Crippen LogP contribution in [0.15, 0.2) is 48.5 Å². The molecular formula is C18H21ClN2O2. The minimum absolute atomic E-state index is 0.0619. The molecule has 122 valence electrons. The van der Waals surface area contributed by atoms with Gasteiger partial charge in [-0.2, -0.15) is 0 Å². The van der Waals surface area contributed by atoms with Gasteiger partial charge >= 0.3 is 0 Å². The van der Waals surface area contributed by atoms with Crippen molar-refractivity contribution in [2.45, 2.75) is 13.0 Å². The fourth-order valence-corrected chi connectivity index (χ4v) is 2.48. The van der Waals surface area contributed by atoms with Crippen LogP contribution < -0.4 is 5.32 Å². The van der Waals surface area contributed by atoms with Crippen LogP contribution in [0.1, 0.15) is 22.3 Å². The lowest BCUT2D eigenvalue weighted by Gasteiger charge is -2.16. The third-order valence-corrected chi connectivity index (χ3v) is 3.74. The van der Waals surface area contributed by atoms with Crippen LogP contribution in [0, 0.1) is 0 Å². The van der Waals surface area contributed by atoms with Crippen LogP contribution >= 0.6 is 11.6 Å². The molecule has 5 heteroatoms. The first-order valence-electron chi connectivity index (χ1n) is 7.55. The normalized spacial score (nSPS) is 10.7. The van der Waals surface area contributed by atoms with E-state index in [1.54, 1.807) is 6.07 Å². The first kappa shape index (κ1) is 17.3. The van der Waals surface area contributed by atoms with Gasteiger partial charge in [-0.05, 0) is 43.8 Å². The Labute approximate surface area is 141 Å². The molecule has 2 rings (SSSR count). The Hall–Kier alpha value is -2.04. The number of halogens is 1. The summed E-state index contributed by atoms with van der Waals surface area (Å²) in [5.41, 5.74) is 1.47. The minimum atomic E-state index is -0.310. The molecule has 2 N–H and O–H groups in total. The number of aromatic hydroxyl groups is 1. The summed E-state index contributed by atoms with van der Waals surface area (Å²) < 4.78 is 0. The van der Waals surface area contributed by atoms with Crippen LogP contribution in [0.4, 0.5) is 0 Å². The largest absolute Gasteiger partial charge is 0.507 e. The summed E-state index contributed by atoms with van der Waals surface area (Å²) in [4.78, 5) is 14.2. The van der Waals surface area contributed by atoms with Gasteiger partial charge in [-0.25, -0.2) is 0 Å². The average Bonchev–Trinajstić information content (AvgIpc) is 2.54. The number of nitrogens with zero attached hydrogens (tertiary/aromatic N) is 1. The third kappa shape index (κ3) is 5.58. The van der Waals surface area contributed by atoms with Crippen LogP contribution in [-0.4, -0.2) is 36.1 Å². The van der Waals surface area contributed by atoms with E-state index in [-0.39, 0.29) is 17.2 Å². The maximum absolute atomic E-state index is 12.0. The van der Waals surface area contributed by atoms with Crippen molar-refractivity contribution in [2.24, 2.45) is 0 Å². The molecule has 0 bridgehead atoms. The average molecular weight is 333 g/mol. The second-order valence-corrected chi connectivity index (χ2v) is 5.93. The molecule has 1 amide bonds. The van der Waals surface area contributed by atoms with E-state index in [0.29, 0.717) is 11.6 Å². The van der Waals surface area contributed by atoms with E-state index >= 15 is 0 Å². The number of amides is 1. The number of hydrogen-bond acceptors (Lipinski definition) is 3. The fourth-order valence-electron chi connectivity index (χ4n) is 2.31. The summed E-state index contributed by atoms with van der Waals surface area (Å²) >= 11 is 5.84. The molecule has 0 aliphatic carbocycles. The van der Waals surface area contributed by atoms with Gasteiger partial charge < -0.3 is 15.3 Å². The lowest BCUT2D eigenvalue weighted by molar-refractivity contribution is 0.0949. The van der Waals surface area contributed by atoms with Crippen molar-refractivity contribution in [3.63, 3.8) is 0 Å². The first-order valence-corrected chi connectivity index (χ1v) is 7.93. The van der Waals surface area contributed by atoms with E-state index in [9.17, 15) is 9.90 Å². The van der Waals surface area contributed by atoms with Crippen molar-refractivity contribution in [1.29, 1.82) is 0 Å². The highest BCUT2D eigenvalue weighted by Crippen LogP contribution is 2.21. The van der Waals surface area contributed by atoms with E-state index < -0.39 is 0 Å². The van der Waals surface area contributed by atoms with Crippen LogP contribution in [-0.2, 0) is 6.54 Å². The van der Waals surface area contributed by atoms with Gasteiger partial charge in [-0.15, -0.1) is 0 Å². The van der Waals surface area contributed by atoms with Crippen molar-refractivity contribution in [1.82, 2.24) is 10.2 Å². The highest BCUT2D eigenvalue weighted by molar-refractivity contribution is 6.31. The van der Waals surface area contributed by atoms with Gasteiger partial charge in [0.05, 0.1) is 5.56 Å². The smallest absolute Gasteiger partial charge is 0.255 e. The molecule has 0 saturated carbocycles. The zero-order valence-electron chi connectivity index (χ0n) is 13.1. The monoisotopic (exact) mass is 332 g/mol. The van der Waals surface area contributed by atoms with Gasteiger partial charge in [-0.1, -0.05) is 41.9 Å². The van der Waals surface area contributed by atoms with Gasteiger partial charge in [0.25, 0.3) is 5.91 Å². The van der Waals surface area contributed by atoms with Crippen LogP contribution in [0.3, 0.4) is 0 Å². The molecule has 2 aromatic rings. The molecule has 0 aliphatic heterocycles. The Kier molecular flexibility index (Phi) is 6.44. The van der Waals surface area contributed by atoms with Crippen LogP contribution in [0.25, 0.3) is 0 Å². The van der Waals surface area contributed by atoms with Crippen LogP contribution in [0.2, 0.25) is 5.02 Å². The molecule has 4 nitrogen and oxygen atoms in total. The lowest BCUT2D eigenvalue weighted by atomic mass is 10.2. The highest BCUT2D eigenvalue weighted by atomic mass is 35.5. The zero-order valence-corrected chi connectivity index (χ0v) is 13.9. The predicted molar refractivity (Wildman–Crippen MR) is 92.8 cm³/mol. The second-order valence-electron chi connectivity index (χ2n) is 5.49. The summed E-state index contributed by atoms with van der Waals surface area (Å²) in [5, 5.41) is 12.9. The molecule has 0 radical (unpaired) electrons. The molecule has 0 fully saturated rings. The molecule has 0 heterocycles. The minimum Gasteiger partial charge on any atom is -0.507 e. The summed E-state index contributed by atoms with van der Waals surface area (Å²) in [6.07, 6.45) is 0.830. The maximum Gasteiger partial charge on any atom is 0.255 e. The fraction of sp³-hybridized carbons (Fsp3) is 0.278. The Morgan fingerprint density at radius 3 is 2.70 bits per heavy atom. The number of carbonyl (C=O) groups excluding carboxylic acids is 1. The van der Waals surface area contributed by atoms with E-state index in [2.05, 4.69) is 29.4 Å². The number of phenols is 1. The molecule has 0 spiro atoms. The van der Waals surface area contributed by atoms with Gasteiger partial charge in [0, 0.05) is 18.1 Å². The standard InChI is InChI=1S/C18H21ClN2O2/c1-21(13-14-6-3-2-4-7-14)11-5-10-20-18(23)16-12-15(19)8-9-17(16)22/h2-4,6-9,12,22H,5,10-11,13H2,1H3,(H,20,23). The second kappa shape index (κ2) is 8.56. The number of benzene rings is 2. The van der Waals surface area contributed by atoms with E-state index in [1.165, 1.54) is 17.7 Å². The number of nitrogens with one attached hydrogen (secondary N) is 1. The number of rotatable bonds is 7. The summed E-state index contributed by atoms with van der Waals surface area (Å²) in [5.74, 6) is -0.371. The van der Waals surface area contributed by atoms with Crippen molar-refractivity contribution in [3.05, 3.63) is 64.7 Å². The first-order chi connectivity index (χ1) is 11.1. The van der Waals surface area contributed by atoms with E-state index in [4.69, 9.17) is 11.6 Å². The third-order valence-electron chi connectivity index (χ3n) is 3.50. The van der Waals surface area contributed by atoms with E-state index in [1.807, 2.05) is 18.2 Å². The van der Waals surface area contributed by atoms with Gasteiger partial charge in [0.2, 0.25) is 0 Å². The predicted octanol–water partition coefficient (Wildman–Crippen LogP) is 3.30. The van der Waals surface area contributed by atoms with Gasteiger partial charge in [0.15, 0.2) is 0 Å². The number of carbonyl (C=O) groups is 1. The molecule has 23 heavy (non-hydrogen) atoms. The summed E-state index contributed by atoms with van der Waals surface area (Å²) in [7, 11) is 2.05. The van der Waals surface area contributed by atoms with Gasteiger partial charge in [0.1, 0.15) is 5.75 Å². The van der Waals surface area contributed by atoms with Crippen molar-refractivity contribution in [2.75, 3.05) is 20.1 Å². The van der Waals surface area contributed by atoms with Crippen molar-refractivity contribution >= 4 is 17.5 Å².